The van der Waals surface area contributed by atoms with Crippen LogP contribution < -0.4 is 0 Å². The summed E-state index contributed by atoms with van der Waals surface area (Å²) in [5.74, 6) is 0. The topological polar surface area (TPSA) is 172 Å². The third-order valence-corrected chi connectivity index (χ3v) is 30.6. The number of rotatable bonds is 9. The number of furan rings is 2. The third kappa shape index (κ3) is 12.9. The number of hydrogen-bond acceptors (Lipinski definition) is 12. The highest BCUT2D eigenvalue weighted by Gasteiger charge is 2.26. The Morgan fingerprint density at radius 3 is 0.714 bits per heavy atom. The summed E-state index contributed by atoms with van der Waals surface area (Å²) in [5, 5.41) is 20.3. The maximum atomic E-state index is 6.23. The molecule has 0 saturated heterocycles. The molecule has 18 heterocycles. The van der Waals surface area contributed by atoms with Crippen molar-refractivity contribution in [1.82, 2.24) is 72.3 Å². The van der Waals surface area contributed by atoms with Gasteiger partial charge in [-0.2, -0.15) is 0 Å². The molecule has 684 valence electrons. The van der Waals surface area contributed by atoms with E-state index in [9.17, 15) is 0 Å². The van der Waals surface area contributed by atoms with Crippen molar-refractivity contribution in [3.8, 4) is 67.5 Å². The lowest BCUT2D eigenvalue weighted by molar-refractivity contribution is 0.668. The highest BCUT2D eigenvalue weighted by atomic mass is 32.1. The molecule has 0 spiro atoms. The van der Waals surface area contributed by atoms with Crippen LogP contribution in [0.3, 0.4) is 0 Å². The summed E-state index contributed by atoms with van der Waals surface area (Å²) in [7, 11) is 0. The van der Waals surface area contributed by atoms with Crippen LogP contribution in [0, 0.1) is 0 Å². The van der Waals surface area contributed by atoms with E-state index in [-0.39, 0.29) is 0 Å². The molecule has 0 aliphatic heterocycles. The van der Waals surface area contributed by atoms with Gasteiger partial charge in [-0.25, -0.2) is 15.0 Å². The molecule has 147 heavy (non-hydrogen) atoms. The Kier molecular flexibility index (Phi) is 18.0. The molecule has 0 saturated carbocycles. The van der Waals surface area contributed by atoms with Gasteiger partial charge in [-0.05, 0) is 246 Å². The quantitative estimate of drug-likeness (QED) is 0.135. The second kappa shape index (κ2) is 32.3. The van der Waals surface area contributed by atoms with Gasteiger partial charge in [0.15, 0.2) is 11.2 Å². The summed E-state index contributed by atoms with van der Waals surface area (Å²) >= 11 is 1.80. The molecule has 17 nitrogen and oxygen atoms in total. The van der Waals surface area contributed by atoms with Crippen molar-refractivity contribution in [1.29, 1.82) is 0 Å². The van der Waals surface area contributed by atoms with Crippen LogP contribution in [0.4, 0.5) is 0 Å². The number of thiophene rings is 1. The zero-order valence-corrected chi connectivity index (χ0v) is 79.1. The summed E-state index contributed by atoms with van der Waals surface area (Å²) in [6, 6.07) is 136. The van der Waals surface area contributed by atoms with Crippen molar-refractivity contribution in [3.63, 3.8) is 0 Å². The molecule has 33 rings (SSSR count). The highest BCUT2D eigenvalue weighted by molar-refractivity contribution is 7.25. The molecular weight excluding hydrogens is 1820 g/mol. The van der Waals surface area contributed by atoms with Crippen LogP contribution in [-0.2, 0) is 0 Å². The van der Waals surface area contributed by atoms with Crippen molar-refractivity contribution in [2.75, 3.05) is 0 Å². The van der Waals surface area contributed by atoms with Crippen molar-refractivity contribution in [2.24, 2.45) is 0 Å². The van der Waals surface area contributed by atoms with E-state index in [1.807, 2.05) is 111 Å². The number of fused-ring (bicyclic) bond motifs is 30. The van der Waals surface area contributed by atoms with E-state index in [2.05, 4.69) is 403 Å². The second-order valence-electron chi connectivity index (χ2n) is 37.7. The fourth-order valence-electron chi connectivity index (χ4n) is 23.1. The van der Waals surface area contributed by atoms with Crippen LogP contribution in [0.15, 0.2) is 465 Å². The van der Waals surface area contributed by atoms with Gasteiger partial charge >= 0.3 is 0 Å². The molecule has 18 heteroatoms. The standard InChI is InChI=1S/2C43H25N5O.C43H25N5S/c3*1-4-10-37-31(7-1)34-24-44-17-15-39(34)47(37)29-20-27(21-30(23-29)48-38-11-5-2-8-32(38)35-25-45-18-16-40(35)48)26-13-14-36-28(19-26)22-42-43(46-36)33-9-3-6-12-41(33)49-42/h3*1-25H. The molecule has 0 amide bonds. The van der Waals surface area contributed by atoms with Crippen molar-refractivity contribution in [3.05, 3.63) is 457 Å². The normalized spacial score (nSPS) is 12.1. The average Bonchev–Trinajstić information content (AvgIpc) is 1.56. The van der Waals surface area contributed by atoms with Crippen molar-refractivity contribution >= 4 is 239 Å². The highest BCUT2D eigenvalue weighted by Crippen LogP contribution is 2.47. The van der Waals surface area contributed by atoms with Crippen molar-refractivity contribution in [2.45, 2.75) is 0 Å². The first kappa shape index (κ1) is 81.8. The van der Waals surface area contributed by atoms with Crippen LogP contribution in [0.1, 0.15) is 0 Å². The van der Waals surface area contributed by atoms with E-state index < -0.39 is 0 Å². The molecule has 18 aromatic heterocycles. The molecule has 0 aliphatic rings. The van der Waals surface area contributed by atoms with Crippen LogP contribution in [0.25, 0.3) is 295 Å². The van der Waals surface area contributed by atoms with Crippen LogP contribution in [0.5, 0.6) is 0 Å². The number of benzene rings is 15. The lowest BCUT2D eigenvalue weighted by Gasteiger charge is -2.16. The molecule has 0 aliphatic carbocycles. The maximum absolute atomic E-state index is 6.23. The molecule has 33 aromatic rings. The molecule has 15 aromatic carbocycles. The van der Waals surface area contributed by atoms with Gasteiger partial charge in [0.1, 0.15) is 22.2 Å². The zero-order valence-electron chi connectivity index (χ0n) is 78.2. The second-order valence-corrected chi connectivity index (χ2v) is 38.8. The predicted octanol–water partition coefficient (Wildman–Crippen LogP) is 32.8. The molecule has 0 fully saturated rings. The van der Waals surface area contributed by atoms with E-state index in [0.29, 0.717) is 0 Å². The zero-order chi connectivity index (χ0) is 96.2. The first-order chi connectivity index (χ1) is 72.8. The molecule has 0 radical (unpaired) electrons. The largest absolute Gasteiger partial charge is 0.454 e. The first-order valence-corrected chi connectivity index (χ1v) is 49.8. The minimum Gasteiger partial charge on any atom is -0.454 e. The number of hydrogen-bond donors (Lipinski definition) is 0. The minimum absolute atomic E-state index is 0.790. The molecule has 0 unspecified atom stereocenters. The maximum Gasteiger partial charge on any atom is 0.154 e. The summed E-state index contributed by atoms with van der Waals surface area (Å²) in [5.41, 5.74) is 35.6. The van der Waals surface area contributed by atoms with Gasteiger partial charge in [0.2, 0.25) is 0 Å². The Hall–Kier alpha value is -20.0. The number of nitrogens with zero attached hydrogens (tertiary/aromatic N) is 15. The number of para-hydroxylation sites is 8. The van der Waals surface area contributed by atoms with Gasteiger partial charge in [-0.15, -0.1) is 11.3 Å². The van der Waals surface area contributed by atoms with E-state index in [1.54, 1.807) is 11.3 Å². The number of aromatic nitrogens is 15. The monoisotopic (exact) mass is 1900 g/mol. The fraction of sp³-hybridized carbons (Fsp3) is 0. The van der Waals surface area contributed by atoms with Crippen LogP contribution >= 0.6 is 11.3 Å². The van der Waals surface area contributed by atoms with E-state index in [4.69, 9.17) is 23.8 Å². The molecule has 0 bridgehead atoms. The first-order valence-electron chi connectivity index (χ1n) is 49.0. The van der Waals surface area contributed by atoms with Crippen LogP contribution in [-0.4, -0.2) is 72.3 Å². The van der Waals surface area contributed by atoms with E-state index in [1.165, 1.54) is 47.1 Å². The minimum atomic E-state index is 0.790. The Morgan fingerprint density at radius 2 is 0.415 bits per heavy atom. The van der Waals surface area contributed by atoms with Gasteiger partial charge in [-0.3, -0.25) is 29.9 Å². The Bertz CT molecular complexity index is 9680. The number of pyridine rings is 9. The molecular formula is C129H75N15O2S. The fourth-order valence-corrected chi connectivity index (χ4v) is 24.2. The smallest absolute Gasteiger partial charge is 0.154 e. The summed E-state index contributed by atoms with van der Waals surface area (Å²) in [4.78, 5) is 42.2. The summed E-state index contributed by atoms with van der Waals surface area (Å²) in [6.07, 6.45) is 23.1. The lowest BCUT2D eigenvalue weighted by atomic mass is 10.0. The Morgan fingerprint density at radius 1 is 0.170 bits per heavy atom. The summed E-state index contributed by atoms with van der Waals surface area (Å²) in [6.45, 7) is 0. The van der Waals surface area contributed by atoms with Gasteiger partial charge in [0.05, 0.1) is 93.0 Å². The van der Waals surface area contributed by atoms with Gasteiger partial charge < -0.3 is 36.2 Å². The molecule has 0 N–H and O–H groups in total. The SMILES string of the molecule is c1ccc2c(c1)oc1cc3cc(-c4cc(-n5c6ccccc6c6cnccc65)cc(-n5c6ccccc6c6cnccc65)c4)ccc3nc12.c1ccc2c(c1)oc1cc3cc(-c4cc(-n5c6ccccc6c6cnccc65)cc(-n5c6ccccc6c6cnccc65)c4)ccc3nc12.c1ccc2c(c1)sc1cc3cc(-c4cc(-n5c6ccccc6c6cnccc65)cc(-n5c6ccccc6c6cnccc65)c4)ccc3nc12. The predicted molar refractivity (Wildman–Crippen MR) is 602 cm³/mol. The van der Waals surface area contributed by atoms with Crippen molar-refractivity contribution < 1.29 is 8.83 Å². The third-order valence-electron chi connectivity index (χ3n) is 29.5. The summed E-state index contributed by atoms with van der Waals surface area (Å²) < 4.78 is 29.1. The average molecular weight is 1900 g/mol. The Balaban J connectivity index is 0.0000000999. The molecule has 0 atom stereocenters. The lowest BCUT2D eigenvalue weighted by Crippen LogP contribution is -2.00. The van der Waals surface area contributed by atoms with E-state index >= 15 is 0 Å². The van der Waals surface area contributed by atoms with Crippen LogP contribution in [0.2, 0.25) is 0 Å². The van der Waals surface area contributed by atoms with Gasteiger partial charge in [-0.1, -0.05) is 170 Å². The van der Waals surface area contributed by atoms with Gasteiger partial charge in [0, 0.05) is 210 Å². The van der Waals surface area contributed by atoms with Gasteiger partial charge in [0.25, 0.3) is 0 Å². The Labute approximate surface area is 838 Å². The van der Waals surface area contributed by atoms with E-state index in [0.717, 1.165) is 248 Å².